The van der Waals surface area contributed by atoms with Gasteiger partial charge in [-0.25, -0.2) is 9.97 Å². The monoisotopic (exact) mass is 430 g/mol. The number of nitrogens with one attached hydrogen (secondary N) is 2. The standard InChI is InChI=1S/C24H26N6O2/c1-15(20(31)17-4-2-16(12-25)3-5-17)29-23(32)19-7-11-30(13-24(19)8-9-24)22-18-6-10-26-21(18)27-14-28-22/h2-6,10,14-15,19-20,31H,7-9,11,13H2,1H3,(H,29,32)(H,26,27,28)/t15-,19?,20+/m0/s1. The number of aromatic nitrogens is 3. The minimum atomic E-state index is -0.829. The van der Waals surface area contributed by atoms with Crippen LogP contribution in [0, 0.1) is 22.7 Å². The zero-order valence-electron chi connectivity index (χ0n) is 18.0. The van der Waals surface area contributed by atoms with Crippen molar-refractivity contribution in [3.8, 4) is 6.07 Å². The Morgan fingerprint density at radius 1 is 1.31 bits per heavy atom. The number of rotatable bonds is 5. The Morgan fingerprint density at radius 2 is 2.09 bits per heavy atom. The molecule has 1 amide bonds. The summed E-state index contributed by atoms with van der Waals surface area (Å²) in [7, 11) is 0. The highest BCUT2D eigenvalue weighted by Crippen LogP contribution is 2.56. The number of aliphatic hydroxyl groups excluding tert-OH is 1. The molecule has 0 radical (unpaired) electrons. The molecule has 164 valence electrons. The third-order valence-corrected chi connectivity index (χ3v) is 7.00. The fourth-order valence-electron chi connectivity index (χ4n) is 4.98. The van der Waals surface area contributed by atoms with Gasteiger partial charge in [0.05, 0.1) is 29.2 Å². The van der Waals surface area contributed by atoms with Gasteiger partial charge in [-0.05, 0) is 55.4 Å². The highest BCUT2D eigenvalue weighted by Gasteiger charge is 2.55. The van der Waals surface area contributed by atoms with Gasteiger partial charge in [-0.1, -0.05) is 12.1 Å². The zero-order chi connectivity index (χ0) is 22.3. The molecule has 1 aliphatic carbocycles. The van der Waals surface area contributed by atoms with Gasteiger partial charge in [0.25, 0.3) is 0 Å². The third kappa shape index (κ3) is 3.59. The van der Waals surface area contributed by atoms with E-state index in [1.54, 1.807) is 30.6 Å². The Balaban J connectivity index is 1.26. The summed E-state index contributed by atoms with van der Waals surface area (Å²) in [4.78, 5) is 27.4. The first kappa shape index (κ1) is 20.5. The number of aromatic amines is 1. The number of H-pyrrole nitrogens is 1. The summed E-state index contributed by atoms with van der Waals surface area (Å²) < 4.78 is 0. The Labute approximate surface area is 186 Å². The molecule has 2 aliphatic rings. The second-order valence-electron chi connectivity index (χ2n) is 9.04. The van der Waals surface area contributed by atoms with Crippen molar-refractivity contribution < 1.29 is 9.90 Å². The summed E-state index contributed by atoms with van der Waals surface area (Å²) in [6.45, 7) is 3.37. The number of fused-ring (bicyclic) bond motifs is 1. The van der Waals surface area contributed by atoms with Crippen LogP contribution in [0.3, 0.4) is 0 Å². The maximum Gasteiger partial charge on any atom is 0.224 e. The van der Waals surface area contributed by atoms with Crippen LogP contribution in [0.25, 0.3) is 11.0 Å². The van der Waals surface area contributed by atoms with Gasteiger partial charge < -0.3 is 20.3 Å². The molecule has 5 rings (SSSR count). The van der Waals surface area contributed by atoms with E-state index >= 15 is 0 Å². The van der Waals surface area contributed by atoms with Crippen LogP contribution in [0.2, 0.25) is 0 Å². The van der Waals surface area contributed by atoms with Gasteiger partial charge in [0, 0.05) is 25.2 Å². The molecule has 1 unspecified atom stereocenters. The van der Waals surface area contributed by atoms with Gasteiger partial charge >= 0.3 is 0 Å². The molecule has 3 N–H and O–H groups in total. The van der Waals surface area contributed by atoms with E-state index in [9.17, 15) is 9.90 Å². The van der Waals surface area contributed by atoms with E-state index in [2.05, 4.69) is 31.2 Å². The number of hydrogen-bond donors (Lipinski definition) is 3. The van der Waals surface area contributed by atoms with E-state index in [-0.39, 0.29) is 17.2 Å². The van der Waals surface area contributed by atoms with Gasteiger partial charge in [0.1, 0.15) is 17.8 Å². The highest BCUT2D eigenvalue weighted by molar-refractivity contribution is 5.87. The molecule has 2 fully saturated rings. The van der Waals surface area contributed by atoms with Gasteiger partial charge in [-0.3, -0.25) is 4.79 Å². The van der Waals surface area contributed by atoms with Crippen molar-refractivity contribution in [1.29, 1.82) is 5.26 Å². The predicted octanol–water partition coefficient (Wildman–Crippen LogP) is 2.67. The SMILES string of the molecule is C[C@H](NC(=O)C1CCN(c2ncnc3[nH]ccc23)CC12CC2)[C@@H](O)c1ccc(C#N)cc1. The van der Waals surface area contributed by atoms with Gasteiger partial charge in [-0.2, -0.15) is 5.26 Å². The minimum absolute atomic E-state index is 0.0109. The Kier molecular flexibility index (Phi) is 5.06. The summed E-state index contributed by atoms with van der Waals surface area (Å²) >= 11 is 0. The van der Waals surface area contributed by atoms with E-state index in [1.165, 1.54) is 0 Å². The fraction of sp³-hybridized carbons (Fsp3) is 0.417. The number of benzene rings is 1. The van der Waals surface area contributed by atoms with Crippen molar-refractivity contribution in [1.82, 2.24) is 20.3 Å². The Hall–Kier alpha value is -3.44. The summed E-state index contributed by atoms with van der Waals surface area (Å²) in [5.74, 6) is 0.862. The summed E-state index contributed by atoms with van der Waals surface area (Å²) in [6.07, 6.45) is 5.42. The molecular weight excluding hydrogens is 404 g/mol. The van der Waals surface area contributed by atoms with E-state index < -0.39 is 12.1 Å². The number of hydrogen-bond acceptors (Lipinski definition) is 6. The van der Waals surface area contributed by atoms with Crippen LogP contribution in [0.5, 0.6) is 0 Å². The van der Waals surface area contributed by atoms with Crippen molar-refractivity contribution >= 4 is 22.8 Å². The molecule has 1 saturated heterocycles. The number of anilines is 1. The summed E-state index contributed by atoms with van der Waals surface area (Å²) in [5, 5.41) is 23.7. The molecule has 1 saturated carbocycles. The van der Waals surface area contributed by atoms with Crippen molar-refractivity contribution in [2.24, 2.45) is 11.3 Å². The normalized spacial score (nSPS) is 21.2. The largest absolute Gasteiger partial charge is 0.386 e. The van der Waals surface area contributed by atoms with Gasteiger partial charge in [0.15, 0.2) is 0 Å². The van der Waals surface area contributed by atoms with Gasteiger partial charge in [-0.15, -0.1) is 0 Å². The molecular formula is C24H26N6O2. The quantitative estimate of drug-likeness (QED) is 0.573. The van der Waals surface area contributed by atoms with Crippen LogP contribution in [-0.2, 0) is 4.79 Å². The van der Waals surface area contributed by atoms with Crippen LogP contribution < -0.4 is 10.2 Å². The summed E-state index contributed by atoms with van der Waals surface area (Å²) in [6, 6.07) is 10.5. The van der Waals surface area contributed by atoms with Crippen LogP contribution in [-0.4, -0.2) is 45.1 Å². The molecule has 0 bridgehead atoms. The molecule has 1 spiro atoms. The lowest BCUT2D eigenvalue weighted by atomic mass is 9.81. The van der Waals surface area contributed by atoms with Crippen LogP contribution in [0.1, 0.15) is 43.4 Å². The molecule has 1 aromatic carbocycles. The number of nitriles is 1. The second kappa shape index (κ2) is 7.92. The van der Waals surface area contributed by atoms with E-state index in [1.807, 2.05) is 19.2 Å². The smallest absolute Gasteiger partial charge is 0.224 e. The maximum atomic E-state index is 13.2. The zero-order valence-corrected chi connectivity index (χ0v) is 18.0. The topological polar surface area (TPSA) is 118 Å². The third-order valence-electron chi connectivity index (χ3n) is 7.00. The molecule has 8 nitrogen and oxygen atoms in total. The van der Waals surface area contributed by atoms with Crippen molar-refractivity contribution in [3.05, 3.63) is 54.0 Å². The highest BCUT2D eigenvalue weighted by atomic mass is 16.3. The minimum Gasteiger partial charge on any atom is -0.386 e. The van der Waals surface area contributed by atoms with E-state index in [4.69, 9.17) is 5.26 Å². The average Bonchev–Trinajstić information content (AvgIpc) is 3.39. The maximum absolute atomic E-state index is 13.2. The first-order valence-electron chi connectivity index (χ1n) is 11.0. The van der Waals surface area contributed by atoms with Crippen LogP contribution in [0.4, 0.5) is 5.82 Å². The number of amides is 1. The fourth-order valence-corrected chi connectivity index (χ4v) is 4.98. The molecule has 8 heteroatoms. The molecule has 3 atom stereocenters. The molecule has 3 heterocycles. The molecule has 1 aliphatic heterocycles. The lowest BCUT2D eigenvalue weighted by Crippen LogP contribution is -2.50. The van der Waals surface area contributed by atoms with Crippen LogP contribution in [0.15, 0.2) is 42.9 Å². The van der Waals surface area contributed by atoms with Gasteiger partial charge in [0.2, 0.25) is 5.91 Å². The number of nitrogens with zero attached hydrogens (tertiary/aromatic N) is 4. The first-order chi connectivity index (χ1) is 15.5. The second-order valence-corrected chi connectivity index (χ2v) is 9.04. The lowest BCUT2D eigenvalue weighted by molar-refractivity contribution is -0.129. The van der Waals surface area contributed by atoms with Crippen molar-refractivity contribution in [2.45, 2.75) is 38.3 Å². The van der Waals surface area contributed by atoms with Crippen molar-refractivity contribution in [3.63, 3.8) is 0 Å². The molecule has 3 aromatic rings. The first-order valence-corrected chi connectivity index (χ1v) is 11.0. The van der Waals surface area contributed by atoms with E-state index in [0.29, 0.717) is 11.1 Å². The average molecular weight is 431 g/mol. The summed E-state index contributed by atoms with van der Waals surface area (Å²) in [5.41, 5.74) is 2.02. The Morgan fingerprint density at radius 3 is 2.81 bits per heavy atom. The predicted molar refractivity (Wildman–Crippen MR) is 120 cm³/mol. The van der Waals surface area contributed by atoms with Crippen LogP contribution >= 0.6 is 0 Å². The molecule has 32 heavy (non-hydrogen) atoms. The number of carbonyl (C=O) groups is 1. The number of piperidine rings is 1. The number of aliphatic hydroxyl groups is 1. The lowest BCUT2D eigenvalue weighted by Gasteiger charge is -2.39. The van der Waals surface area contributed by atoms with E-state index in [0.717, 1.165) is 49.2 Å². The van der Waals surface area contributed by atoms with Crippen molar-refractivity contribution in [2.75, 3.05) is 18.0 Å². The Bertz CT molecular complexity index is 1180. The molecule has 2 aromatic heterocycles. The number of carbonyl (C=O) groups excluding carboxylic acids is 1.